The summed E-state index contributed by atoms with van der Waals surface area (Å²) in [6.45, 7) is 20.6. The minimum absolute atomic E-state index is 0.0545. The first-order valence-electron chi connectivity index (χ1n) is 31.1. The third-order valence-corrected chi connectivity index (χ3v) is 16.1. The first kappa shape index (κ1) is 66.8. The summed E-state index contributed by atoms with van der Waals surface area (Å²) in [7, 11) is 0. The van der Waals surface area contributed by atoms with Gasteiger partial charge in [-0.25, -0.2) is 0 Å². The summed E-state index contributed by atoms with van der Waals surface area (Å²) >= 11 is 0. The molecule has 90 heavy (non-hydrogen) atoms. The Bertz CT molecular complexity index is 3370. The molecule has 4 atom stereocenters. The van der Waals surface area contributed by atoms with E-state index in [1.165, 1.54) is 29.3 Å². The SMILES string of the molecule is CC(C)(C)OC(=O)CCCOCCOCCOC12COc3c(ccc(O)c3O)C1c1cc(O)c(O)cc1C2.Cc1ccc2c(c1C)OCC1(OCCOCCOCCCC(=O)OC(C)(C)C)Cc3cc(OCc4ccccc4)c(OCc4ccccc4)cc3C21. The van der Waals surface area contributed by atoms with Crippen molar-refractivity contribution < 1.29 is 86.9 Å². The van der Waals surface area contributed by atoms with Crippen LogP contribution in [0.5, 0.6) is 46.0 Å². The van der Waals surface area contributed by atoms with Gasteiger partial charge in [0.05, 0.1) is 52.9 Å². The van der Waals surface area contributed by atoms with Gasteiger partial charge in [-0.1, -0.05) is 78.9 Å². The molecular formula is C72H88O18. The van der Waals surface area contributed by atoms with E-state index in [9.17, 15) is 30.0 Å². The highest BCUT2D eigenvalue weighted by Crippen LogP contribution is 2.58. The highest BCUT2D eigenvalue weighted by atomic mass is 16.6. The zero-order valence-corrected chi connectivity index (χ0v) is 53.2. The number of ether oxygens (including phenoxy) is 12. The predicted molar refractivity (Wildman–Crippen MR) is 336 cm³/mol. The van der Waals surface area contributed by atoms with Gasteiger partial charge in [-0.3, -0.25) is 9.59 Å². The Balaban J connectivity index is 0.000000224. The molecule has 4 unspecified atom stereocenters. The number of phenolic OH excluding ortho intramolecular Hbond substituents is 4. The first-order valence-corrected chi connectivity index (χ1v) is 31.1. The summed E-state index contributed by atoms with van der Waals surface area (Å²) in [5, 5.41) is 40.5. The highest BCUT2D eigenvalue weighted by Gasteiger charge is 2.54. The van der Waals surface area contributed by atoms with Crippen LogP contribution >= 0.6 is 0 Å². The van der Waals surface area contributed by atoms with E-state index in [1.54, 1.807) is 6.07 Å². The number of esters is 2. The minimum atomic E-state index is -0.847. The molecule has 18 nitrogen and oxygen atoms in total. The van der Waals surface area contributed by atoms with E-state index in [0.29, 0.717) is 135 Å². The molecule has 484 valence electrons. The third-order valence-electron chi connectivity index (χ3n) is 16.1. The number of carbonyl (C=O) groups is 2. The number of phenols is 4. The molecule has 0 radical (unpaired) electrons. The first-order chi connectivity index (χ1) is 43.1. The molecule has 2 heterocycles. The van der Waals surface area contributed by atoms with Crippen molar-refractivity contribution in [2.75, 3.05) is 79.3 Å². The van der Waals surface area contributed by atoms with Gasteiger partial charge in [0.25, 0.3) is 0 Å². The normalized spacial score (nSPS) is 18.4. The number of rotatable bonds is 28. The van der Waals surface area contributed by atoms with E-state index in [0.717, 1.165) is 44.7 Å². The Morgan fingerprint density at radius 2 is 0.922 bits per heavy atom. The quantitative estimate of drug-likeness (QED) is 0.0203. The summed E-state index contributed by atoms with van der Waals surface area (Å²) in [5.74, 6) is 0.536. The van der Waals surface area contributed by atoms with Gasteiger partial charge in [0.2, 0.25) is 5.75 Å². The molecule has 2 aliphatic carbocycles. The molecule has 6 aromatic carbocycles. The molecule has 4 N–H and O–H groups in total. The maximum atomic E-state index is 11.9. The fourth-order valence-corrected chi connectivity index (χ4v) is 12.0. The highest BCUT2D eigenvalue weighted by molar-refractivity contribution is 5.70. The molecule has 10 rings (SSSR count). The van der Waals surface area contributed by atoms with E-state index in [-0.39, 0.29) is 59.8 Å². The number of hydrogen-bond donors (Lipinski definition) is 4. The zero-order chi connectivity index (χ0) is 64.1. The van der Waals surface area contributed by atoms with Crippen LogP contribution in [0.2, 0.25) is 0 Å². The zero-order valence-electron chi connectivity index (χ0n) is 53.2. The molecule has 0 spiro atoms. The van der Waals surface area contributed by atoms with E-state index < -0.39 is 28.3 Å². The average Bonchev–Trinajstić information content (AvgIpc) is 1.54. The molecule has 2 aliphatic heterocycles. The fourth-order valence-electron chi connectivity index (χ4n) is 12.0. The van der Waals surface area contributed by atoms with E-state index in [4.69, 9.17) is 56.8 Å². The Labute approximate surface area is 528 Å². The lowest BCUT2D eigenvalue weighted by Gasteiger charge is -2.41. The minimum Gasteiger partial charge on any atom is -0.504 e. The summed E-state index contributed by atoms with van der Waals surface area (Å²) in [5.41, 5.74) is 7.73. The van der Waals surface area contributed by atoms with Crippen LogP contribution in [0.3, 0.4) is 0 Å². The molecule has 0 amide bonds. The van der Waals surface area contributed by atoms with Crippen molar-refractivity contribution in [2.45, 2.75) is 141 Å². The molecular weight excluding hydrogens is 1150 g/mol. The Morgan fingerprint density at radius 3 is 1.44 bits per heavy atom. The van der Waals surface area contributed by atoms with Crippen molar-refractivity contribution in [3.63, 3.8) is 0 Å². The summed E-state index contributed by atoms with van der Waals surface area (Å²) in [4.78, 5) is 23.6. The van der Waals surface area contributed by atoms with Crippen molar-refractivity contribution in [1.82, 2.24) is 0 Å². The second-order valence-electron chi connectivity index (χ2n) is 25.3. The number of carbonyl (C=O) groups excluding carboxylic acids is 2. The van der Waals surface area contributed by atoms with Gasteiger partial charge in [-0.15, -0.1) is 0 Å². The molecule has 0 aromatic heterocycles. The van der Waals surface area contributed by atoms with E-state index in [2.05, 4.69) is 62.4 Å². The van der Waals surface area contributed by atoms with Crippen molar-refractivity contribution >= 4 is 11.9 Å². The second kappa shape index (κ2) is 30.0. The molecule has 18 heteroatoms. The Kier molecular flexibility index (Phi) is 22.3. The largest absolute Gasteiger partial charge is 0.504 e. The summed E-state index contributed by atoms with van der Waals surface area (Å²) < 4.78 is 71.9. The van der Waals surface area contributed by atoms with Crippen LogP contribution in [-0.2, 0) is 73.5 Å². The van der Waals surface area contributed by atoms with Gasteiger partial charge in [-0.05, 0) is 143 Å². The molecule has 6 aromatic rings. The number of benzene rings is 6. The van der Waals surface area contributed by atoms with Gasteiger partial charge in [0.15, 0.2) is 34.5 Å². The number of hydrogen-bond acceptors (Lipinski definition) is 18. The van der Waals surface area contributed by atoms with Gasteiger partial charge < -0.3 is 77.3 Å². The second-order valence-corrected chi connectivity index (χ2v) is 25.3. The number of aryl methyl sites for hydroxylation is 1. The average molecular weight is 1240 g/mol. The van der Waals surface area contributed by atoms with Gasteiger partial charge in [0, 0.05) is 61.9 Å². The standard InChI is InChI=1S/C44H52O8.C28H36O10/c1-31-18-19-36-41-37-26-39(49-29-34-15-10-7-11-16-34)38(48-28-33-13-8-6-9-14-33)25-35(37)27-44(41,30-50-42(36)32(31)2)51-24-23-47-22-21-46-20-12-17-40(45)52-43(3,4)5;1-27(2,3)38-23(32)5-4-8-34-9-10-35-11-12-37-28-15-17-13-21(30)22(31)14-19(17)24(28)18-6-7-20(29)25(33)26(18)36-16-28/h6-11,13-16,18-19,25-26,41H,12,17,20-24,27-30H2,1-5H3;6-7,13-14,24,29-31,33H,4-5,8-12,15-16H2,1-3H3. The maximum absolute atomic E-state index is 11.9. The van der Waals surface area contributed by atoms with Gasteiger partial charge in [-0.2, -0.15) is 0 Å². The molecule has 0 fully saturated rings. The predicted octanol–water partition coefficient (Wildman–Crippen LogP) is 12.0. The Hall–Kier alpha value is -7.58. The van der Waals surface area contributed by atoms with Gasteiger partial charge >= 0.3 is 11.9 Å². The smallest absolute Gasteiger partial charge is 0.306 e. The number of fused-ring (bicyclic) bond motifs is 10. The van der Waals surface area contributed by atoms with Crippen LogP contribution in [0.4, 0.5) is 0 Å². The van der Waals surface area contributed by atoms with Crippen molar-refractivity contribution in [3.05, 3.63) is 165 Å². The van der Waals surface area contributed by atoms with E-state index >= 15 is 0 Å². The van der Waals surface area contributed by atoms with Crippen LogP contribution in [0.15, 0.2) is 109 Å². The van der Waals surface area contributed by atoms with Crippen LogP contribution in [0.1, 0.15) is 135 Å². The van der Waals surface area contributed by atoms with E-state index in [1.807, 2.05) is 77.9 Å². The molecule has 0 saturated carbocycles. The molecule has 0 bridgehead atoms. The monoisotopic (exact) mass is 1240 g/mol. The molecule has 0 saturated heterocycles. The summed E-state index contributed by atoms with van der Waals surface area (Å²) in [6, 6.07) is 35.1. The van der Waals surface area contributed by atoms with Crippen LogP contribution in [-0.4, -0.2) is 134 Å². The Morgan fingerprint density at radius 1 is 0.489 bits per heavy atom. The number of aromatic hydroxyl groups is 4. The molecule has 4 aliphatic rings. The van der Waals surface area contributed by atoms with Crippen molar-refractivity contribution in [2.24, 2.45) is 0 Å². The lowest BCUT2D eigenvalue weighted by molar-refractivity contribution is -0.156. The van der Waals surface area contributed by atoms with Crippen LogP contribution in [0, 0.1) is 13.8 Å². The summed E-state index contributed by atoms with van der Waals surface area (Å²) in [6.07, 6.45) is 2.91. The van der Waals surface area contributed by atoms with Crippen molar-refractivity contribution in [3.8, 4) is 46.0 Å². The lowest BCUT2D eigenvalue weighted by atomic mass is 9.79. The lowest BCUT2D eigenvalue weighted by Crippen LogP contribution is -2.47. The van der Waals surface area contributed by atoms with Gasteiger partial charge in [0.1, 0.15) is 54.6 Å². The third kappa shape index (κ3) is 17.1. The van der Waals surface area contributed by atoms with Crippen LogP contribution in [0.25, 0.3) is 0 Å². The van der Waals surface area contributed by atoms with Crippen LogP contribution < -0.4 is 18.9 Å². The van der Waals surface area contributed by atoms with Crippen molar-refractivity contribution in [1.29, 1.82) is 0 Å². The fraction of sp³-hybridized carbons (Fsp3) is 0.472. The maximum Gasteiger partial charge on any atom is 0.306 e. The topological polar surface area (TPSA) is 226 Å².